The van der Waals surface area contributed by atoms with E-state index < -0.39 is 0 Å². The Hall–Kier alpha value is -2.74. The Kier molecular flexibility index (Phi) is 5.66. The predicted octanol–water partition coefficient (Wildman–Crippen LogP) is 1.40. The van der Waals surface area contributed by atoms with Gasteiger partial charge in [-0.05, 0) is 44.5 Å². The van der Waals surface area contributed by atoms with Gasteiger partial charge in [-0.25, -0.2) is 9.97 Å². The van der Waals surface area contributed by atoms with E-state index in [1.165, 1.54) is 0 Å². The Morgan fingerprint density at radius 2 is 2.11 bits per heavy atom. The van der Waals surface area contributed by atoms with Crippen molar-refractivity contribution < 1.29 is 4.79 Å². The third kappa shape index (κ3) is 4.06. The highest BCUT2D eigenvalue weighted by molar-refractivity contribution is 5.83. The lowest BCUT2D eigenvalue weighted by Gasteiger charge is -2.30. The van der Waals surface area contributed by atoms with Gasteiger partial charge in [-0.2, -0.15) is 0 Å². The predicted molar refractivity (Wildman–Crippen MR) is 108 cm³/mol. The van der Waals surface area contributed by atoms with Gasteiger partial charge in [0.15, 0.2) is 0 Å². The summed E-state index contributed by atoms with van der Waals surface area (Å²) in [5.74, 6) is 1.75. The fourth-order valence-electron chi connectivity index (χ4n) is 3.98. The van der Waals surface area contributed by atoms with Crippen LogP contribution in [0.15, 0.2) is 30.7 Å². The van der Waals surface area contributed by atoms with Gasteiger partial charge in [0, 0.05) is 19.3 Å². The van der Waals surface area contributed by atoms with Crippen LogP contribution in [0.3, 0.4) is 0 Å². The van der Waals surface area contributed by atoms with Gasteiger partial charge in [-0.3, -0.25) is 9.78 Å². The summed E-state index contributed by atoms with van der Waals surface area (Å²) in [6.45, 7) is 3.43. The fourth-order valence-corrected chi connectivity index (χ4v) is 3.98. The van der Waals surface area contributed by atoms with Crippen molar-refractivity contribution in [3.8, 4) is 0 Å². The van der Waals surface area contributed by atoms with Gasteiger partial charge in [-0.15, -0.1) is 0 Å². The molecule has 0 radical (unpaired) electrons. The van der Waals surface area contributed by atoms with Crippen molar-refractivity contribution in [1.29, 1.82) is 0 Å². The average molecular weight is 381 g/mol. The molecule has 0 aromatic carbocycles. The minimum Gasteiger partial charge on any atom is -0.364 e. The maximum atomic E-state index is 13.0. The van der Waals surface area contributed by atoms with Gasteiger partial charge < -0.3 is 20.4 Å². The first kappa shape index (κ1) is 18.6. The first-order valence-electron chi connectivity index (χ1n) is 9.91. The molecular formula is C20H27N7O. The van der Waals surface area contributed by atoms with E-state index in [2.05, 4.69) is 25.6 Å². The molecule has 8 heteroatoms. The number of rotatable bonds is 4. The van der Waals surface area contributed by atoms with Crippen LogP contribution in [0.2, 0.25) is 0 Å². The largest absolute Gasteiger partial charge is 0.364 e. The zero-order valence-corrected chi connectivity index (χ0v) is 16.3. The number of hydrogen-bond acceptors (Lipinski definition) is 7. The molecule has 1 fully saturated rings. The molecular weight excluding hydrogens is 354 g/mol. The number of fused-ring (bicyclic) bond motifs is 1. The molecule has 4 heterocycles. The number of anilines is 2. The van der Waals surface area contributed by atoms with Crippen LogP contribution in [0.5, 0.6) is 0 Å². The van der Waals surface area contributed by atoms with Gasteiger partial charge in [0.2, 0.25) is 5.91 Å². The number of likely N-dealkylation sites (N-methyl/N-ethyl adjacent to an activating group) is 1. The minimum absolute atomic E-state index is 0.156. The number of amides is 1. The Bertz CT molecular complexity index is 805. The van der Waals surface area contributed by atoms with Crippen molar-refractivity contribution in [3.63, 3.8) is 0 Å². The van der Waals surface area contributed by atoms with Crippen molar-refractivity contribution in [2.75, 3.05) is 36.9 Å². The molecule has 2 aliphatic rings. The lowest BCUT2D eigenvalue weighted by Crippen LogP contribution is -2.43. The molecule has 2 aromatic heterocycles. The number of carbonyl (C=O) groups excluding carboxylic acids is 1. The van der Waals surface area contributed by atoms with E-state index in [-0.39, 0.29) is 11.9 Å². The van der Waals surface area contributed by atoms with Gasteiger partial charge in [0.05, 0.1) is 30.9 Å². The third-order valence-electron chi connectivity index (χ3n) is 5.45. The third-order valence-corrected chi connectivity index (χ3v) is 5.45. The number of nitrogens with one attached hydrogen (secondary N) is 2. The van der Waals surface area contributed by atoms with Gasteiger partial charge in [0.25, 0.3) is 0 Å². The van der Waals surface area contributed by atoms with Crippen LogP contribution in [-0.4, -0.2) is 58.5 Å². The molecule has 2 N–H and O–H groups in total. The summed E-state index contributed by atoms with van der Waals surface area (Å²) in [4.78, 5) is 30.3. The van der Waals surface area contributed by atoms with Gasteiger partial charge in [-0.1, -0.05) is 6.07 Å². The van der Waals surface area contributed by atoms with Gasteiger partial charge in [0.1, 0.15) is 18.0 Å². The first-order chi connectivity index (χ1) is 13.7. The van der Waals surface area contributed by atoms with Crippen molar-refractivity contribution in [2.45, 2.75) is 38.4 Å². The summed E-state index contributed by atoms with van der Waals surface area (Å²) in [5.41, 5.74) is 1.92. The Labute approximate surface area is 165 Å². The van der Waals surface area contributed by atoms with Crippen LogP contribution in [-0.2, 0) is 17.9 Å². The van der Waals surface area contributed by atoms with Crippen LogP contribution in [0, 0.1) is 0 Å². The second-order valence-electron chi connectivity index (χ2n) is 7.41. The van der Waals surface area contributed by atoms with Crippen molar-refractivity contribution >= 4 is 17.5 Å². The molecule has 1 saturated heterocycles. The maximum absolute atomic E-state index is 13.0. The highest BCUT2D eigenvalue weighted by atomic mass is 16.2. The molecule has 2 aliphatic heterocycles. The zero-order chi connectivity index (χ0) is 19.3. The molecule has 4 rings (SSSR count). The topological polar surface area (TPSA) is 86.3 Å². The monoisotopic (exact) mass is 381 g/mol. The lowest BCUT2D eigenvalue weighted by molar-refractivity contribution is -0.132. The summed E-state index contributed by atoms with van der Waals surface area (Å²) in [6.07, 6.45) is 6.45. The smallest absolute Gasteiger partial charge is 0.242 e. The molecule has 2 aromatic rings. The summed E-state index contributed by atoms with van der Waals surface area (Å²) in [6, 6.07) is 6.11. The minimum atomic E-state index is 0.156. The molecule has 8 nitrogen and oxygen atoms in total. The molecule has 0 spiro atoms. The quantitative estimate of drug-likeness (QED) is 0.828. The van der Waals surface area contributed by atoms with Crippen LogP contribution in [0.1, 0.15) is 30.5 Å². The molecule has 28 heavy (non-hydrogen) atoms. The molecule has 1 amide bonds. The summed E-state index contributed by atoms with van der Waals surface area (Å²) in [7, 11) is 1.92. The summed E-state index contributed by atoms with van der Waals surface area (Å²) >= 11 is 0. The molecule has 1 unspecified atom stereocenters. The molecule has 1 atom stereocenters. The second-order valence-corrected chi connectivity index (χ2v) is 7.41. The zero-order valence-electron chi connectivity index (χ0n) is 16.3. The van der Waals surface area contributed by atoms with Crippen LogP contribution < -0.4 is 15.5 Å². The van der Waals surface area contributed by atoms with Crippen LogP contribution >= 0.6 is 0 Å². The standard InChI is InChI=1S/C20H27N7O/c1-26-13-18(28)27(16-6-4-8-21-10-7-16)12-17-19(24-14-25-20(17)26)23-11-15-5-2-3-9-22-15/h2-3,5,9,14,16,21H,4,6-8,10-13H2,1H3,(H,23,24,25). The van der Waals surface area contributed by atoms with E-state index in [1.54, 1.807) is 12.5 Å². The molecule has 0 saturated carbocycles. The molecule has 0 bridgehead atoms. The second kappa shape index (κ2) is 8.52. The number of carbonyl (C=O) groups is 1. The van der Waals surface area contributed by atoms with Crippen molar-refractivity contribution in [2.24, 2.45) is 0 Å². The highest BCUT2D eigenvalue weighted by Gasteiger charge is 2.31. The van der Waals surface area contributed by atoms with E-state index in [0.29, 0.717) is 19.6 Å². The fraction of sp³-hybridized carbons (Fsp3) is 0.500. The van der Waals surface area contributed by atoms with Crippen molar-refractivity contribution in [3.05, 3.63) is 42.0 Å². The lowest BCUT2D eigenvalue weighted by atomic mass is 10.1. The van der Waals surface area contributed by atoms with Crippen LogP contribution in [0.4, 0.5) is 11.6 Å². The summed E-state index contributed by atoms with van der Waals surface area (Å²) in [5, 5.41) is 6.83. The number of aromatic nitrogens is 3. The molecule has 148 valence electrons. The van der Waals surface area contributed by atoms with E-state index in [0.717, 1.165) is 55.2 Å². The normalized spacial score (nSPS) is 20.3. The number of nitrogens with zero attached hydrogens (tertiary/aromatic N) is 5. The van der Waals surface area contributed by atoms with Crippen LogP contribution in [0.25, 0.3) is 0 Å². The highest BCUT2D eigenvalue weighted by Crippen LogP contribution is 2.30. The van der Waals surface area contributed by atoms with Gasteiger partial charge >= 0.3 is 0 Å². The first-order valence-corrected chi connectivity index (χ1v) is 9.91. The van der Waals surface area contributed by atoms with E-state index in [9.17, 15) is 4.79 Å². The van der Waals surface area contributed by atoms with E-state index in [4.69, 9.17) is 0 Å². The molecule has 0 aliphatic carbocycles. The van der Waals surface area contributed by atoms with E-state index >= 15 is 0 Å². The summed E-state index contributed by atoms with van der Waals surface area (Å²) < 4.78 is 0. The Morgan fingerprint density at radius 3 is 2.96 bits per heavy atom. The SMILES string of the molecule is CN1CC(=O)N(C2CCCNCC2)Cc2c(NCc3ccccn3)ncnc21. The Balaban J connectivity index is 1.60. The Morgan fingerprint density at radius 1 is 1.18 bits per heavy atom. The maximum Gasteiger partial charge on any atom is 0.242 e. The average Bonchev–Trinajstić information content (AvgIpc) is 3.06. The number of pyridine rings is 1. The van der Waals surface area contributed by atoms with Crippen molar-refractivity contribution in [1.82, 2.24) is 25.2 Å². The van der Waals surface area contributed by atoms with E-state index in [1.807, 2.05) is 35.0 Å². The number of hydrogen-bond donors (Lipinski definition) is 2.